The number of sulfonamides is 1. The summed E-state index contributed by atoms with van der Waals surface area (Å²) in [5.74, 6) is 0. The van der Waals surface area contributed by atoms with Crippen LogP contribution in [0.25, 0.3) is 0 Å². The van der Waals surface area contributed by atoms with Gasteiger partial charge in [-0.15, -0.1) is 0 Å². The molecule has 1 aliphatic heterocycles. The Kier molecular flexibility index (Phi) is 5.39. The average Bonchev–Trinajstić information content (AvgIpc) is 2.58. The molecule has 0 atom stereocenters. The first-order valence-corrected chi connectivity index (χ1v) is 10.5. The topological polar surface area (TPSA) is 40.6 Å². The second-order valence-electron chi connectivity index (χ2n) is 5.78. The van der Waals surface area contributed by atoms with Crippen molar-refractivity contribution in [3.63, 3.8) is 0 Å². The lowest BCUT2D eigenvalue weighted by Crippen LogP contribution is -2.48. The Hall–Kier alpha value is -0.830. The molecule has 24 heavy (non-hydrogen) atoms. The molecule has 0 unspecified atom stereocenters. The molecule has 7 heteroatoms. The number of nitrogens with zero attached hydrogens (tertiary/aromatic N) is 2. The molecule has 3 rings (SSSR count). The zero-order chi connectivity index (χ0) is 17.3. The van der Waals surface area contributed by atoms with E-state index in [4.69, 9.17) is 11.6 Å². The van der Waals surface area contributed by atoms with Crippen LogP contribution in [0.5, 0.6) is 0 Å². The molecule has 2 aromatic rings. The zero-order valence-corrected chi connectivity index (χ0v) is 17.0. The van der Waals surface area contributed by atoms with Crippen molar-refractivity contribution in [2.75, 3.05) is 31.1 Å². The minimum absolute atomic E-state index is 0.356. The van der Waals surface area contributed by atoms with Gasteiger partial charge in [0.15, 0.2) is 0 Å². The third-order valence-electron chi connectivity index (χ3n) is 4.21. The van der Waals surface area contributed by atoms with Gasteiger partial charge in [0.2, 0.25) is 10.0 Å². The first kappa shape index (κ1) is 18.0. The molecular weight excluding hydrogens is 459 g/mol. The molecule has 0 spiro atoms. The number of hydrogen-bond acceptors (Lipinski definition) is 3. The van der Waals surface area contributed by atoms with E-state index in [0.29, 0.717) is 31.1 Å². The fourth-order valence-electron chi connectivity index (χ4n) is 2.72. The Morgan fingerprint density at radius 2 is 1.62 bits per heavy atom. The van der Waals surface area contributed by atoms with E-state index < -0.39 is 10.0 Å². The monoisotopic (exact) mass is 476 g/mol. The molecule has 128 valence electrons. The van der Waals surface area contributed by atoms with Crippen molar-refractivity contribution in [3.05, 3.63) is 56.6 Å². The standard InChI is InChI=1S/C17H18ClIN2O2S/c1-13-2-5-15(12-17(13)18)20-8-10-21(11-9-20)24(22,23)16-6-3-14(19)4-7-16/h2-7,12H,8-11H2,1H3. The van der Waals surface area contributed by atoms with Crippen LogP contribution in [0.4, 0.5) is 5.69 Å². The fourth-order valence-corrected chi connectivity index (χ4v) is 4.68. The predicted molar refractivity (Wildman–Crippen MR) is 106 cm³/mol. The zero-order valence-electron chi connectivity index (χ0n) is 13.2. The molecule has 0 saturated carbocycles. The molecule has 0 aromatic heterocycles. The minimum Gasteiger partial charge on any atom is -0.369 e. The van der Waals surface area contributed by atoms with E-state index in [-0.39, 0.29) is 0 Å². The van der Waals surface area contributed by atoms with Crippen molar-refractivity contribution in [1.82, 2.24) is 4.31 Å². The van der Waals surface area contributed by atoms with Crippen molar-refractivity contribution < 1.29 is 8.42 Å². The normalized spacial score (nSPS) is 16.4. The third-order valence-corrected chi connectivity index (χ3v) is 7.25. The van der Waals surface area contributed by atoms with Crippen molar-refractivity contribution in [2.24, 2.45) is 0 Å². The van der Waals surface area contributed by atoms with Crippen LogP contribution in [-0.2, 0) is 10.0 Å². The van der Waals surface area contributed by atoms with Crippen molar-refractivity contribution in [2.45, 2.75) is 11.8 Å². The maximum atomic E-state index is 12.7. The maximum Gasteiger partial charge on any atom is 0.243 e. The lowest BCUT2D eigenvalue weighted by atomic mass is 10.2. The highest BCUT2D eigenvalue weighted by Crippen LogP contribution is 2.25. The summed E-state index contributed by atoms with van der Waals surface area (Å²) in [5, 5.41) is 0.737. The maximum absolute atomic E-state index is 12.7. The molecule has 0 aliphatic carbocycles. The summed E-state index contributed by atoms with van der Waals surface area (Å²) in [6.45, 7) is 4.23. The summed E-state index contributed by atoms with van der Waals surface area (Å²) in [6, 6.07) is 12.9. The first-order chi connectivity index (χ1) is 11.4. The van der Waals surface area contributed by atoms with Crippen LogP contribution in [-0.4, -0.2) is 38.9 Å². The third kappa shape index (κ3) is 3.71. The molecule has 0 amide bonds. The number of piperazine rings is 1. The highest BCUT2D eigenvalue weighted by Gasteiger charge is 2.28. The van der Waals surface area contributed by atoms with Gasteiger partial charge in [-0.25, -0.2) is 8.42 Å². The van der Waals surface area contributed by atoms with Gasteiger partial charge in [0, 0.05) is 40.5 Å². The molecule has 1 heterocycles. The summed E-state index contributed by atoms with van der Waals surface area (Å²) >= 11 is 8.36. The Labute approximate surface area is 161 Å². The van der Waals surface area contributed by atoms with E-state index in [2.05, 4.69) is 27.5 Å². The second kappa shape index (κ2) is 7.19. The molecule has 1 aliphatic rings. The minimum atomic E-state index is -3.42. The van der Waals surface area contributed by atoms with E-state index in [9.17, 15) is 8.42 Å². The lowest BCUT2D eigenvalue weighted by molar-refractivity contribution is 0.385. The molecule has 2 aromatic carbocycles. The van der Waals surface area contributed by atoms with Crippen LogP contribution in [0.3, 0.4) is 0 Å². The molecule has 1 fully saturated rings. The van der Waals surface area contributed by atoms with Crippen LogP contribution in [0, 0.1) is 10.5 Å². The van der Waals surface area contributed by atoms with Gasteiger partial charge < -0.3 is 4.90 Å². The largest absolute Gasteiger partial charge is 0.369 e. The van der Waals surface area contributed by atoms with Gasteiger partial charge in [0.25, 0.3) is 0 Å². The predicted octanol–water partition coefficient (Wildman–Crippen LogP) is 3.76. The highest BCUT2D eigenvalue weighted by atomic mass is 127. The fraction of sp³-hybridized carbons (Fsp3) is 0.294. The number of rotatable bonds is 3. The lowest BCUT2D eigenvalue weighted by Gasteiger charge is -2.35. The Balaban J connectivity index is 1.72. The summed E-state index contributed by atoms with van der Waals surface area (Å²) in [6.07, 6.45) is 0. The van der Waals surface area contributed by atoms with Crippen LogP contribution >= 0.6 is 34.2 Å². The van der Waals surface area contributed by atoms with Gasteiger partial charge in [0.05, 0.1) is 4.90 Å². The van der Waals surface area contributed by atoms with Gasteiger partial charge in [0.1, 0.15) is 0 Å². The molecule has 1 saturated heterocycles. The average molecular weight is 477 g/mol. The number of aryl methyl sites for hydroxylation is 1. The number of halogens is 2. The van der Waals surface area contributed by atoms with Gasteiger partial charge in [-0.2, -0.15) is 4.31 Å². The summed E-state index contributed by atoms with van der Waals surface area (Å²) < 4.78 is 28.0. The van der Waals surface area contributed by atoms with Crippen LogP contribution < -0.4 is 4.90 Å². The van der Waals surface area contributed by atoms with Crippen LogP contribution in [0.1, 0.15) is 5.56 Å². The summed E-state index contributed by atoms with van der Waals surface area (Å²) in [7, 11) is -3.42. The van der Waals surface area contributed by atoms with Crippen LogP contribution in [0.15, 0.2) is 47.4 Å². The van der Waals surface area contributed by atoms with E-state index >= 15 is 0 Å². The molecule has 4 nitrogen and oxygen atoms in total. The van der Waals surface area contributed by atoms with Gasteiger partial charge in [-0.1, -0.05) is 17.7 Å². The van der Waals surface area contributed by atoms with Crippen molar-refractivity contribution in [1.29, 1.82) is 0 Å². The van der Waals surface area contributed by atoms with Gasteiger partial charge >= 0.3 is 0 Å². The van der Waals surface area contributed by atoms with Crippen molar-refractivity contribution in [3.8, 4) is 0 Å². The van der Waals surface area contributed by atoms with E-state index in [1.54, 1.807) is 16.4 Å². The Morgan fingerprint density at radius 1 is 1.00 bits per heavy atom. The molecule has 0 bridgehead atoms. The SMILES string of the molecule is Cc1ccc(N2CCN(S(=O)(=O)c3ccc(I)cc3)CC2)cc1Cl. The highest BCUT2D eigenvalue weighted by molar-refractivity contribution is 14.1. The molecule has 0 radical (unpaired) electrons. The van der Waals surface area contributed by atoms with Gasteiger partial charge in [-0.05, 0) is 71.5 Å². The first-order valence-electron chi connectivity index (χ1n) is 7.65. The smallest absolute Gasteiger partial charge is 0.243 e. The molecule has 0 N–H and O–H groups in total. The van der Waals surface area contributed by atoms with E-state index in [0.717, 1.165) is 19.8 Å². The van der Waals surface area contributed by atoms with Crippen LogP contribution in [0.2, 0.25) is 5.02 Å². The summed E-state index contributed by atoms with van der Waals surface area (Å²) in [4.78, 5) is 2.53. The Bertz CT molecular complexity index is 832. The van der Waals surface area contributed by atoms with E-state index in [1.807, 2.05) is 37.3 Å². The number of benzene rings is 2. The Morgan fingerprint density at radius 3 is 2.21 bits per heavy atom. The van der Waals surface area contributed by atoms with E-state index in [1.165, 1.54) is 0 Å². The summed E-state index contributed by atoms with van der Waals surface area (Å²) in [5.41, 5.74) is 2.08. The van der Waals surface area contributed by atoms with Gasteiger partial charge in [-0.3, -0.25) is 0 Å². The second-order valence-corrected chi connectivity index (χ2v) is 9.37. The van der Waals surface area contributed by atoms with Crippen molar-refractivity contribution >= 4 is 49.9 Å². The molecular formula is C17H18ClIN2O2S. The quantitative estimate of drug-likeness (QED) is 0.634. The number of anilines is 1. The number of hydrogen-bond donors (Lipinski definition) is 0.